The summed E-state index contributed by atoms with van der Waals surface area (Å²) in [5.74, 6) is 0. The van der Waals surface area contributed by atoms with Gasteiger partial charge in [-0.05, 0) is 25.2 Å². The van der Waals surface area contributed by atoms with Crippen molar-refractivity contribution in [1.29, 1.82) is 0 Å². The molecule has 126 valence electrons. The van der Waals surface area contributed by atoms with Gasteiger partial charge in [-0.25, -0.2) is 0 Å². The van der Waals surface area contributed by atoms with Crippen LogP contribution in [0.1, 0.15) is 37.7 Å². The summed E-state index contributed by atoms with van der Waals surface area (Å²) >= 11 is 0. The van der Waals surface area contributed by atoms with E-state index in [1.807, 2.05) is 25.2 Å². The summed E-state index contributed by atoms with van der Waals surface area (Å²) in [7, 11) is 1.98. The first-order chi connectivity index (χ1) is 11.3. The highest BCUT2D eigenvalue weighted by atomic mass is 16.3. The Hall–Kier alpha value is -2.40. The second-order valence-electron chi connectivity index (χ2n) is 7.29. The van der Waals surface area contributed by atoms with Crippen molar-refractivity contribution in [3.63, 3.8) is 0 Å². The van der Waals surface area contributed by atoms with Crippen molar-refractivity contribution < 1.29 is 4.42 Å². The van der Waals surface area contributed by atoms with Gasteiger partial charge >= 0.3 is 0 Å². The Labute approximate surface area is 141 Å². The molecule has 24 heavy (non-hydrogen) atoms. The van der Waals surface area contributed by atoms with Gasteiger partial charge in [-0.3, -0.25) is 14.8 Å². The minimum atomic E-state index is 0.0206. The third-order valence-corrected chi connectivity index (χ3v) is 4.03. The molecule has 1 aromatic carbocycles. The van der Waals surface area contributed by atoms with Crippen LogP contribution >= 0.6 is 0 Å². The van der Waals surface area contributed by atoms with Gasteiger partial charge in [0.15, 0.2) is 5.43 Å². The first kappa shape index (κ1) is 16.5. The van der Waals surface area contributed by atoms with Crippen LogP contribution in [0.25, 0.3) is 11.0 Å². The zero-order valence-corrected chi connectivity index (χ0v) is 14.6. The van der Waals surface area contributed by atoms with Gasteiger partial charge in [0.2, 0.25) is 0 Å². The van der Waals surface area contributed by atoms with Gasteiger partial charge in [-0.1, -0.05) is 32.9 Å². The van der Waals surface area contributed by atoms with E-state index in [0.717, 1.165) is 11.4 Å². The molecule has 0 spiro atoms. The molecule has 0 unspecified atom stereocenters. The zero-order chi connectivity index (χ0) is 17.3. The van der Waals surface area contributed by atoms with Gasteiger partial charge < -0.3 is 4.42 Å². The van der Waals surface area contributed by atoms with Gasteiger partial charge in [0.05, 0.1) is 17.3 Å². The minimum Gasteiger partial charge on any atom is -0.464 e. The highest BCUT2D eigenvalue weighted by Gasteiger charge is 2.18. The summed E-state index contributed by atoms with van der Waals surface area (Å²) in [6.07, 6.45) is 1.56. The van der Waals surface area contributed by atoms with Crippen LogP contribution in [0.3, 0.4) is 0 Å². The first-order valence-electron chi connectivity index (χ1n) is 8.07. The molecular formula is C19H23N3O2. The van der Waals surface area contributed by atoms with Crippen molar-refractivity contribution in [2.75, 3.05) is 7.05 Å². The molecule has 5 heteroatoms. The largest absolute Gasteiger partial charge is 0.464 e. The standard InChI is InChI=1S/C19H23N3O2/c1-19(2,3)17-9-14(20-21-17)11-22(4)10-13-12-24-16-8-6-5-7-15(16)18(13)23/h5-9,12H,10-11H2,1-4H3,(H,20,21). The molecule has 1 N–H and O–H groups in total. The van der Waals surface area contributed by atoms with Crippen LogP contribution < -0.4 is 5.43 Å². The Morgan fingerprint density at radius 2 is 1.96 bits per heavy atom. The summed E-state index contributed by atoms with van der Waals surface area (Å²) in [6.45, 7) is 7.62. The molecule has 0 saturated carbocycles. The monoisotopic (exact) mass is 325 g/mol. The molecule has 0 aliphatic rings. The number of benzene rings is 1. The lowest BCUT2D eigenvalue weighted by Gasteiger charge is -2.15. The summed E-state index contributed by atoms with van der Waals surface area (Å²) in [6, 6.07) is 9.41. The number of fused-ring (bicyclic) bond motifs is 1. The smallest absolute Gasteiger partial charge is 0.197 e. The number of nitrogens with one attached hydrogen (secondary N) is 1. The fourth-order valence-corrected chi connectivity index (χ4v) is 2.69. The number of H-pyrrole nitrogens is 1. The minimum absolute atomic E-state index is 0.0206. The Morgan fingerprint density at radius 3 is 2.67 bits per heavy atom. The van der Waals surface area contributed by atoms with E-state index in [1.165, 1.54) is 0 Å². The molecule has 0 aliphatic carbocycles. The molecule has 0 saturated heterocycles. The lowest BCUT2D eigenvalue weighted by Crippen LogP contribution is -2.22. The fourth-order valence-electron chi connectivity index (χ4n) is 2.69. The fraction of sp³-hybridized carbons (Fsp3) is 0.368. The predicted octanol–water partition coefficient (Wildman–Crippen LogP) is 3.45. The molecule has 2 aromatic heterocycles. The van der Waals surface area contributed by atoms with E-state index >= 15 is 0 Å². The van der Waals surface area contributed by atoms with Gasteiger partial charge in [0, 0.05) is 29.8 Å². The average Bonchev–Trinajstić information content (AvgIpc) is 2.99. The average molecular weight is 325 g/mol. The van der Waals surface area contributed by atoms with Crippen LogP contribution in [0.4, 0.5) is 0 Å². The van der Waals surface area contributed by atoms with Gasteiger partial charge in [-0.2, -0.15) is 5.10 Å². The number of aromatic nitrogens is 2. The van der Waals surface area contributed by atoms with E-state index in [4.69, 9.17) is 4.42 Å². The van der Waals surface area contributed by atoms with Crippen molar-refractivity contribution in [3.05, 3.63) is 63.8 Å². The summed E-state index contributed by atoms with van der Waals surface area (Å²) in [5, 5.41) is 8.08. The SMILES string of the molecule is CN(Cc1cc(C(C)(C)C)n[nH]1)Cc1coc2ccccc2c1=O. The van der Waals surface area contributed by atoms with Crippen molar-refractivity contribution in [1.82, 2.24) is 15.1 Å². The Balaban J connectivity index is 1.75. The molecule has 0 amide bonds. The van der Waals surface area contributed by atoms with Crippen LogP contribution in [0, 0.1) is 0 Å². The Bertz CT molecular complexity index is 903. The highest BCUT2D eigenvalue weighted by Crippen LogP contribution is 2.20. The maximum atomic E-state index is 12.5. The number of aromatic amines is 1. The number of hydrogen-bond acceptors (Lipinski definition) is 4. The van der Waals surface area contributed by atoms with E-state index in [9.17, 15) is 4.79 Å². The van der Waals surface area contributed by atoms with Crippen LogP contribution in [-0.4, -0.2) is 22.1 Å². The number of nitrogens with zero attached hydrogens (tertiary/aromatic N) is 2. The quantitative estimate of drug-likeness (QED) is 0.798. The van der Waals surface area contributed by atoms with Crippen molar-refractivity contribution >= 4 is 11.0 Å². The van der Waals surface area contributed by atoms with E-state index in [-0.39, 0.29) is 10.8 Å². The molecule has 2 heterocycles. The lowest BCUT2D eigenvalue weighted by atomic mass is 9.92. The number of rotatable bonds is 4. The van der Waals surface area contributed by atoms with E-state index in [0.29, 0.717) is 29.6 Å². The Kier molecular flexibility index (Phi) is 4.28. The molecule has 3 rings (SSSR count). The van der Waals surface area contributed by atoms with Crippen LogP contribution in [-0.2, 0) is 18.5 Å². The number of para-hydroxylation sites is 1. The van der Waals surface area contributed by atoms with Gasteiger partial charge in [0.1, 0.15) is 5.58 Å². The van der Waals surface area contributed by atoms with Crippen LogP contribution in [0.15, 0.2) is 45.8 Å². The normalized spacial score (nSPS) is 12.2. The topological polar surface area (TPSA) is 62.1 Å². The second kappa shape index (κ2) is 6.24. The maximum absolute atomic E-state index is 12.5. The molecule has 0 aliphatic heterocycles. The van der Waals surface area contributed by atoms with E-state index < -0.39 is 0 Å². The van der Waals surface area contributed by atoms with Crippen LogP contribution in [0.5, 0.6) is 0 Å². The third-order valence-electron chi connectivity index (χ3n) is 4.03. The van der Waals surface area contributed by atoms with Crippen molar-refractivity contribution in [2.24, 2.45) is 0 Å². The summed E-state index contributed by atoms with van der Waals surface area (Å²) < 4.78 is 5.58. The Morgan fingerprint density at radius 1 is 1.21 bits per heavy atom. The lowest BCUT2D eigenvalue weighted by molar-refractivity contribution is 0.311. The first-order valence-corrected chi connectivity index (χ1v) is 8.07. The summed E-state index contributed by atoms with van der Waals surface area (Å²) in [5.41, 5.74) is 3.41. The molecule has 0 atom stereocenters. The van der Waals surface area contributed by atoms with Crippen molar-refractivity contribution in [2.45, 2.75) is 39.3 Å². The molecule has 0 radical (unpaired) electrons. The van der Waals surface area contributed by atoms with Crippen molar-refractivity contribution in [3.8, 4) is 0 Å². The van der Waals surface area contributed by atoms with Crippen LogP contribution in [0.2, 0.25) is 0 Å². The molecular weight excluding hydrogens is 302 g/mol. The third kappa shape index (κ3) is 3.41. The molecule has 3 aromatic rings. The highest BCUT2D eigenvalue weighted by molar-refractivity contribution is 5.76. The summed E-state index contributed by atoms with van der Waals surface area (Å²) in [4.78, 5) is 14.6. The van der Waals surface area contributed by atoms with E-state index in [2.05, 4.69) is 41.9 Å². The van der Waals surface area contributed by atoms with E-state index in [1.54, 1.807) is 12.3 Å². The molecule has 0 bridgehead atoms. The zero-order valence-electron chi connectivity index (χ0n) is 14.6. The maximum Gasteiger partial charge on any atom is 0.197 e. The second-order valence-corrected chi connectivity index (χ2v) is 7.29. The van der Waals surface area contributed by atoms with Gasteiger partial charge in [-0.15, -0.1) is 0 Å². The molecule has 5 nitrogen and oxygen atoms in total. The number of hydrogen-bond donors (Lipinski definition) is 1. The predicted molar refractivity (Wildman–Crippen MR) is 94.9 cm³/mol. The van der Waals surface area contributed by atoms with Gasteiger partial charge in [0.25, 0.3) is 0 Å². The molecule has 0 fully saturated rings.